The topological polar surface area (TPSA) is 26.3 Å². The highest BCUT2D eigenvalue weighted by Crippen LogP contribution is 1.97. The smallest absolute Gasteiger partial charge is 0.305 e. The Balaban J connectivity index is 3.26. The lowest BCUT2D eigenvalue weighted by Crippen LogP contribution is -1.97. The zero-order chi connectivity index (χ0) is 9.94. The third-order valence-corrected chi connectivity index (χ3v) is 1.65. The van der Waals surface area contributed by atoms with E-state index in [2.05, 4.69) is 16.9 Å². The zero-order valence-electron chi connectivity index (χ0n) is 8.45. The van der Waals surface area contributed by atoms with Gasteiger partial charge in [-0.1, -0.05) is 24.3 Å². The van der Waals surface area contributed by atoms with E-state index >= 15 is 0 Å². The molecule has 0 aromatic rings. The molecule has 0 aliphatic rings. The van der Waals surface area contributed by atoms with E-state index in [0.29, 0.717) is 6.42 Å². The number of allylic oxidation sites excluding steroid dienone is 4. The van der Waals surface area contributed by atoms with Crippen molar-refractivity contribution in [1.29, 1.82) is 0 Å². The summed E-state index contributed by atoms with van der Waals surface area (Å²) in [4.78, 5) is 10.7. The number of hydrogen-bond donors (Lipinski definition) is 0. The molecule has 0 radical (unpaired) electrons. The molecule has 0 aliphatic carbocycles. The summed E-state index contributed by atoms with van der Waals surface area (Å²) in [7, 11) is 1.41. The SMILES string of the molecule is CC=CCCC=CCCC(=O)OC. The van der Waals surface area contributed by atoms with Crippen LogP contribution in [0.2, 0.25) is 0 Å². The van der Waals surface area contributed by atoms with Gasteiger partial charge in [0.25, 0.3) is 0 Å². The van der Waals surface area contributed by atoms with Crippen LogP contribution in [-0.4, -0.2) is 13.1 Å². The van der Waals surface area contributed by atoms with Crippen molar-refractivity contribution in [2.24, 2.45) is 0 Å². The van der Waals surface area contributed by atoms with E-state index in [0.717, 1.165) is 19.3 Å². The normalized spacial score (nSPS) is 11.2. The average Bonchev–Trinajstić information content (AvgIpc) is 2.16. The number of carbonyl (C=O) groups excluding carboxylic acids is 1. The summed E-state index contributed by atoms with van der Waals surface area (Å²) >= 11 is 0. The fraction of sp³-hybridized carbons (Fsp3) is 0.545. The lowest BCUT2D eigenvalue weighted by molar-refractivity contribution is -0.140. The summed E-state index contributed by atoms with van der Waals surface area (Å²) in [6.07, 6.45) is 11.7. The van der Waals surface area contributed by atoms with Gasteiger partial charge in [0.2, 0.25) is 0 Å². The van der Waals surface area contributed by atoms with Crippen molar-refractivity contribution in [3.05, 3.63) is 24.3 Å². The summed E-state index contributed by atoms with van der Waals surface area (Å²) in [5.41, 5.74) is 0. The molecule has 13 heavy (non-hydrogen) atoms. The highest BCUT2D eigenvalue weighted by atomic mass is 16.5. The van der Waals surface area contributed by atoms with Crippen LogP contribution >= 0.6 is 0 Å². The molecule has 0 amide bonds. The summed E-state index contributed by atoms with van der Waals surface area (Å²) in [6.45, 7) is 2.01. The molecule has 0 saturated heterocycles. The predicted octanol–water partition coefficient (Wildman–Crippen LogP) is 2.85. The largest absolute Gasteiger partial charge is 0.469 e. The molecule has 0 heterocycles. The summed E-state index contributed by atoms with van der Waals surface area (Å²) in [5.74, 6) is -0.141. The first-order valence-corrected chi connectivity index (χ1v) is 4.64. The second-order valence-corrected chi connectivity index (χ2v) is 2.73. The molecule has 0 N–H and O–H groups in total. The Morgan fingerprint density at radius 3 is 2.38 bits per heavy atom. The third-order valence-electron chi connectivity index (χ3n) is 1.65. The Bertz CT molecular complexity index is 181. The van der Waals surface area contributed by atoms with Gasteiger partial charge in [0.1, 0.15) is 0 Å². The fourth-order valence-electron chi connectivity index (χ4n) is 0.898. The van der Waals surface area contributed by atoms with Gasteiger partial charge < -0.3 is 4.74 Å². The molecule has 74 valence electrons. The van der Waals surface area contributed by atoms with E-state index in [1.165, 1.54) is 7.11 Å². The maximum atomic E-state index is 10.7. The van der Waals surface area contributed by atoms with Gasteiger partial charge in [-0.05, 0) is 26.2 Å². The molecular formula is C11H18O2. The van der Waals surface area contributed by atoms with Crippen LogP contribution in [0.1, 0.15) is 32.6 Å². The fourth-order valence-corrected chi connectivity index (χ4v) is 0.898. The second kappa shape index (κ2) is 9.04. The highest BCUT2D eigenvalue weighted by Gasteiger charge is 1.94. The van der Waals surface area contributed by atoms with E-state index in [9.17, 15) is 4.79 Å². The van der Waals surface area contributed by atoms with Crippen molar-refractivity contribution in [2.45, 2.75) is 32.6 Å². The molecule has 0 aromatic carbocycles. The monoisotopic (exact) mass is 182 g/mol. The number of esters is 1. The molecule has 0 aromatic heterocycles. The molecule has 0 spiro atoms. The second-order valence-electron chi connectivity index (χ2n) is 2.73. The number of hydrogen-bond acceptors (Lipinski definition) is 2. The van der Waals surface area contributed by atoms with E-state index < -0.39 is 0 Å². The Morgan fingerprint density at radius 1 is 1.15 bits per heavy atom. The van der Waals surface area contributed by atoms with Crippen LogP contribution < -0.4 is 0 Å². The Hall–Kier alpha value is -1.05. The predicted molar refractivity (Wildman–Crippen MR) is 54.4 cm³/mol. The van der Waals surface area contributed by atoms with Gasteiger partial charge in [0.05, 0.1) is 7.11 Å². The molecule has 0 aliphatic heterocycles. The third kappa shape index (κ3) is 8.86. The summed E-state index contributed by atoms with van der Waals surface area (Å²) in [5, 5.41) is 0. The van der Waals surface area contributed by atoms with Gasteiger partial charge in [-0.15, -0.1) is 0 Å². The number of ether oxygens (including phenoxy) is 1. The molecule has 0 rings (SSSR count). The lowest BCUT2D eigenvalue weighted by atomic mass is 10.2. The average molecular weight is 182 g/mol. The van der Waals surface area contributed by atoms with Crippen molar-refractivity contribution in [2.75, 3.05) is 7.11 Å². The van der Waals surface area contributed by atoms with Crippen molar-refractivity contribution in [1.82, 2.24) is 0 Å². The Kier molecular flexibility index (Phi) is 8.31. The van der Waals surface area contributed by atoms with Crippen molar-refractivity contribution < 1.29 is 9.53 Å². The van der Waals surface area contributed by atoms with Crippen LogP contribution in [0.3, 0.4) is 0 Å². The van der Waals surface area contributed by atoms with Crippen LogP contribution in [0.4, 0.5) is 0 Å². The highest BCUT2D eigenvalue weighted by molar-refractivity contribution is 5.69. The van der Waals surface area contributed by atoms with Crippen molar-refractivity contribution >= 4 is 5.97 Å². The Morgan fingerprint density at radius 2 is 1.77 bits per heavy atom. The lowest BCUT2D eigenvalue weighted by Gasteiger charge is -1.93. The number of unbranched alkanes of at least 4 members (excludes halogenated alkanes) is 1. The van der Waals surface area contributed by atoms with Crippen LogP contribution in [0.25, 0.3) is 0 Å². The maximum absolute atomic E-state index is 10.7. The molecule has 2 heteroatoms. The number of methoxy groups -OCH3 is 1. The zero-order valence-corrected chi connectivity index (χ0v) is 8.45. The quantitative estimate of drug-likeness (QED) is 0.358. The molecule has 0 bridgehead atoms. The van der Waals surface area contributed by atoms with Crippen LogP contribution in [0.5, 0.6) is 0 Å². The minimum atomic E-state index is -0.141. The van der Waals surface area contributed by atoms with Crippen LogP contribution in [0.15, 0.2) is 24.3 Å². The number of rotatable bonds is 6. The van der Waals surface area contributed by atoms with Crippen molar-refractivity contribution in [3.8, 4) is 0 Å². The Labute approximate surface area is 80.3 Å². The molecule has 0 atom stereocenters. The van der Waals surface area contributed by atoms with E-state index in [1.807, 2.05) is 19.1 Å². The van der Waals surface area contributed by atoms with E-state index in [-0.39, 0.29) is 5.97 Å². The summed E-state index contributed by atoms with van der Waals surface area (Å²) in [6, 6.07) is 0. The van der Waals surface area contributed by atoms with Crippen molar-refractivity contribution in [3.63, 3.8) is 0 Å². The first kappa shape index (κ1) is 11.9. The first-order valence-electron chi connectivity index (χ1n) is 4.64. The van der Waals surface area contributed by atoms with Gasteiger partial charge in [0, 0.05) is 6.42 Å². The molecule has 0 unspecified atom stereocenters. The minimum Gasteiger partial charge on any atom is -0.469 e. The van der Waals surface area contributed by atoms with Gasteiger partial charge in [-0.25, -0.2) is 0 Å². The molecular weight excluding hydrogens is 164 g/mol. The van der Waals surface area contributed by atoms with Gasteiger partial charge in [0.15, 0.2) is 0 Å². The molecule has 0 fully saturated rings. The van der Waals surface area contributed by atoms with Crippen LogP contribution in [-0.2, 0) is 9.53 Å². The van der Waals surface area contributed by atoms with E-state index in [4.69, 9.17) is 0 Å². The van der Waals surface area contributed by atoms with Gasteiger partial charge in [-0.2, -0.15) is 0 Å². The van der Waals surface area contributed by atoms with Gasteiger partial charge in [-0.3, -0.25) is 4.79 Å². The molecule has 0 saturated carbocycles. The number of carbonyl (C=O) groups is 1. The molecule has 2 nitrogen and oxygen atoms in total. The van der Waals surface area contributed by atoms with E-state index in [1.54, 1.807) is 0 Å². The summed E-state index contributed by atoms with van der Waals surface area (Å²) < 4.78 is 4.51. The minimum absolute atomic E-state index is 0.141. The van der Waals surface area contributed by atoms with Gasteiger partial charge >= 0.3 is 5.97 Å². The standard InChI is InChI=1S/C11H18O2/c1-3-4-5-6-7-8-9-10-11(12)13-2/h3-4,7-8H,5-6,9-10H2,1-2H3. The first-order chi connectivity index (χ1) is 6.31. The maximum Gasteiger partial charge on any atom is 0.305 e. The van der Waals surface area contributed by atoms with Crippen LogP contribution in [0, 0.1) is 0 Å².